The van der Waals surface area contributed by atoms with E-state index in [1.807, 2.05) is 13.8 Å². The molecule has 85 valence electrons. The summed E-state index contributed by atoms with van der Waals surface area (Å²) >= 11 is 0. The van der Waals surface area contributed by atoms with Crippen LogP contribution in [0.25, 0.3) is 0 Å². The van der Waals surface area contributed by atoms with E-state index in [-0.39, 0.29) is 61.2 Å². The summed E-state index contributed by atoms with van der Waals surface area (Å²) in [5.74, 6) is 1.46. The average Bonchev–Trinajstić information content (AvgIpc) is 2.08. The second kappa shape index (κ2) is 17.4. The molecule has 0 aromatic heterocycles. The first-order valence-electron chi connectivity index (χ1n) is 4.62. The minimum Gasteiger partial charge on any atom is -0.358 e. The molecule has 1 aromatic rings. The molecule has 0 spiro atoms. The Morgan fingerprint density at radius 1 is 1.00 bits per heavy atom. The van der Waals surface area contributed by atoms with Gasteiger partial charge in [-0.1, -0.05) is 49.7 Å². The number of benzene rings is 1. The van der Waals surface area contributed by atoms with Crippen LogP contribution in [0, 0.1) is 13.3 Å². The van der Waals surface area contributed by atoms with E-state index in [0.717, 1.165) is 6.42 Å². The summed E-state index contributed by atoms with van der Waals surface area (Å²) in [7, 11) is 0. The van der Waals surface area contributed by atoms with E-state index in [2.05, 4.69) is 44.2 Å². The number of rotatable bonds is 2. The van der Waals surface area contributed by atoms with Gasteiger partial charge >= 0.3 is 0 Å². The van der Waals surface area contributed by atoms with Gasteiger partial charge in [-0.25, -0.2) is 0 Å². The van der Waals surface area contributed by atoms with Crippen LogP contribution < -0.4 is 0 Å². The van der Waals surface area contributed by atoms with Crippen LogP contribution in [0.3, 0.4) is 0 Å². The molecule has 0 bridgehead atoms. The molecule has 0 aliphatic carbocycles. The van der Waals surface area contributed by atoms with Crippen LogP contribution in [0.4, 0.5) is 0 Å². The first-order chi connectivity index (χ1) is 5.79. The van der Waals surface area contributed by atoms with Gasteiger partial charge in [-0.05, 0) is 0 Å². The van der Waals surface area contributed by atoms with E-state index in [1.54, 1.807) is 0 Å². The van der Waals surface area contributed by atoms with Crippen molar-refractivity contribution in [3.8, 4) is 0 Å². The Hall–Kier alpha value is 1.01. The van der Waals surface area contributed by atoms with Crippen LogP contribution in [-0.2, 0) is 60.2 Å². The first-order valence-corrected chi connectivity index (χ1v) is 4.62. The molecule has 0 aliphatic heterocycles. The van der Waals surface area contributed by atoms with Crippen LogP contribution >= 0.6 is 0 Å². The van der Waals surface area contributed by atoms with Crippen molar-refractivity contribution in [2.45, 2.75) is 34.1 Å². The summed E-state index contributed by atoms with van der Waals surface area (Å²) in [6.45, 7) is 8.32. The summed E-state index contributed by atoms with van der Waals surface area (Å²) in [6.07, 6.45) is 1.11. The van der Waals surface area contributed by atoms with E-state index in [1.165, 1.54) is 11.5 Å². The van der Waals surface area contributed by atoms with Gasteiger partial charge in [0.1, 0.15) is 0 Å². The summed E-state index contributed by atoms with van der Waals surface area (Å²) in [5.41, 5.74) is 1.41. The fourth-order valence-corrected chi connectivity index (χ4v) is 1.00. The third kappa shape index (κ3) is 15.0. The zero-order valence-electron chi connectivity index (χ0n) is 10.6. The van der Waals surface area contributed by atoms with Crippen molar-refractivity contribution in [3.05, 3.63) is 49.2 Å². The van der Waals surface area contributed by atoms with Gasteiger partial charge in [0.05, 0.1) is 0 Å². The summed E-state index contributed by atoms with van der Waals surface area (Å²) in [6, 6.07) is 10.5. The summed E-state index contributed by atoms with van der Waals surface area (Å²) in [5, 5.41) is 0. The average molecular weight is 451 g/mol. The van der Waals surface area contributed by atoms with Crippen LogP contribution in [0.1, 0.15) is 33.3 Å². The Morgan fingerprint density at radius 3 is 1.73 bits per heavy atom. The molecular weight excluding hydrogens is 429 g/mol. The standard InChI is InChI=1S/C10H13.C2H6.CH3.W.Y/c1-9(2)8-10-6-4-3-5-7-10;1-2;;;/h3-7H,8H2,1-2H3;1-2H3;1H3;;/q-1;;-1;;. The van der Waals surface area contributed by atoms with Crippen molar-refractivity contribution < 1.29 is 53.8 Å². The Morgan fingerprint density at radius 2 is 1.40 bits per heavy atom. The van der Waals surface area contributed by atoms with E-state index < -0.39 is 0 Å². The quantitative estimate of drug-likeness (QED) is 0.589. The molecule has 0 amide bonds. The van der Waals surface area contributed by atoms with Crippen LogP contribution in [0.15, 0.2) is 30.3 Å². The Bertz CT molecular complexity index is 185. The third-order valence-electron chi connectivity index (χ3n) is 1.40. The Balaban J connectivity index is -0.000000114. The van der Waals surface area contributed by atoms with Crippen LogP contribution in [0.2, 0.25) is 0 Å². The van der Waals surface area contributed by atoms with Crippen molar-refractivity contribution in [1.82, 2.24) is 0 Å². The maximum absolute atomic E-state index is 2.16. The van der Waals surface area contributed by atoms with E-state index in [9.17, 15) is 0 Å². The number of hydrogen-bond donors (Lipinski definition) is 0. The van der Waals surface area contributed by atoms with Crippen molar-refractivity contribution in [2.75, 3.05) is 0 Å². The van der Waals surface area contributed by atoms with Gasteiger partial charge in [0.25, 0.3) is 0 Å². The number of hydrogen-bond acceptors (Lipinski definition) is 0. The SMILES string of the molecule is CC.C[C-](C)Cc1ccccc1.[CH3-].[W].[Y]. The molecule has 1 aromatic carbocycles. The van der Waals surface area contributed by atoms with E-state index >= 15 is 0 Å². The molecule has 1 radical (unpaired) electrons. The van der Waals surface area contributed by atoms with Crippen molar-refractivity contribution in [2.24, 2.45) is 0 Å². The maximum Gasteiger partial charge on any atom is 0 e. The third-order valence-corrected chi connectivity index (χ3v) is 1.40. The molecule has 0 fully saturated rings. The molecule has 0 aliphatic rings. The molecule has 0 unspecified atom stereocenters. The van der Waals surface area contributed by atoms with Gasteiger partial charge in [-0.3, -0.25) is 0 Å². The van der Waals surface area contributed by atoms with E-state index in [4.69, 9.17) is 0 Å². The van der Waals surface area contributed by atoms with Gasteiger partial charge in [0.2, 0.25) is 0 Å². The molecule has 0 N–H and O–H groups in total. The van der Waals surface area contributed by atoms with E-state index in [0.29, 0.717) is 0 Å². The second-order valence-corrected chi connectivity index (χ2v) is 2.87. The predicted molar refractivity (Wildman–Crippen MR) is 62.5 cm³/mol. The van der Waals surface area contributed by atoms with Gasteiger partial charge in [-0.15, -0.1) is 0 Å². The van der Waals surface area contributed by atoms with Crippen molar-refractivity contribution in [1.29, 1.82) is 0 Å². The topological polar surface area (TPSA) is 0 Å². The van der Waals surface area contributed by atoms with Gasteiger partial charge < -0.3 is 13.3 Å². The predicted octanol–water partition coefficient (Wildman–Crippen LogP) is 4.31. The fraction of sp³-hybridized carbons (Fsp3) is 0.385. The smallest absolute Gasteiger partial charge is 0 e. The Labute approximate surface area is 136 Å². The minimum absolute atomic E-state index is 0. The molecule has 0 nitrogen and oxygen atoms in total. The summed E-state index contributed by atoms with van der Waals surface area (Å²) < 4.78 is 0. The molecule has 2 heteroatoms. The molecule has 0 atom stereocenters. The van der Waals surface area contributed by atoms with Crippen LogP contribution in [0.5, 0.6) is 0 Å². The van der Waals surface area contributed by atoms with Gasteiger partial charge in [-0.2, -0.15) is 20.3 Å². The minimum atomic E-state index is 0. The molecule has 0 saturated heterocycles. The molecular formula is C13H22WY-2. The van der Waals surface area contributed by atoms with Crippen LogP contribution in [-0.4, -0.2) is 0 Å². The summed E-state index contributed by atoms with van der Waals surface area (Å²) in [4.78, 5) is 0. The van der Waals surface area contributed by atoms with Crippen molar-refractivity contribution in [3.63, 3.8) is 0 Å². The maximum atomic E-state index is 2.16. The molecule has 0 saturated carbocycles. The fourth-order valence-electron chi connectivity index (χ4n) is 1.00. The first kappa shape index (κ1) is 25.0. The molecule has 15 heavy (non-hydrogen) atoms. The van der Waals surface area contributed by atoms with Gasteiger partial charge in [0.15, 0.2) is 0 Å². The normalized spacial score (nSPS) is 7.27. The molecule has 0 heterocycles. The monoisotopic (exact) mass is 451 g/mol. The zero-order valence-corrected chi connectivity index (χ0v) is 16.4. The van der Waals surface area contributed by atoms with Gasteiger partial charge in [0, 0.05) is 53.8 Å². The Kier molecular flexibility index (Phi) is 29.0. The van der Waals surface area contributed by atoms with Crippen molar-refractivity contribution >= 4 is 0 Å². The zero-order chi connectivity index (χ0) is 9.40. The largest absolute Gasteiger partial charge is 0.358 e. The molecule has 1 rings (SSSR count). The second-order valence-electron chi connectivity index (χ2n) is 2.87.